The van der Waals surface area contributed by atoms with Gasteiger partial charge in [0.05, 0.1) is 0 Å². The van der Waals surface area contributed by atoms with Crippen molar-refractivity contribution in [1.82, 2.24) is 14.8 Å². The normalized spacial score (nSPS) is 14.4. The second-order valence-electron chi connectivity index (χ2n) is 7.22. The van der Waals surface area contributed by atoms with E-state index in [1.165, 1.54) is 16.8 Å². The second-order valence-corrected chi connectivity index (χ2v) is 7.22. The van der Waals surface area contributed by atoms with E-state index < -0.39 is 0 Å². The van der Waals surface area contributed by atoms with Crippen molar-refractivity contribution in [1.29, 1.82) is 0 Å². The number of carbonyl (C=O) groups excluding carboxylic acids is 1. The highest BCUT2D eigenvalue weighted by molar-refractivity contribution is 5.74. The highest BCUT2D eigenvalue weighted by atomic mass is 16.2. The number of hydrogen-bond acceptors (Lipinski definition) is 3. The minimum absolute atomic E-state index is 0.0601. The van der Waals surface area contributed by atoms with Gasteiger partial charge >= 0.3 is 6.03 Å². The summed E-state index contributed by atoms with van der Waals surface area (Å²) < 4.78 is 1.60. The van der Waals surface area contributed by atoms with Crippen LogP contribution in [0, 0.1) is 20.8 Å². The molecule has 6 heteroatoms. The Labute approximate surface area is 160 Å². The number of aryl methyl sites for hydroxylation is 2. The van der Waals surface area contributed by atoms with Gasteiger partial charge in [0, 0.05) is 56.7 Å². The van der Waals surface area contributed by atoms with Crippen LogP contribution in [0.1, 0.15) is 22.4 Å². The Hall–Kier alpha value is -2.76. The van der Waals surface area contributed by atoms with Gasteiger partial charge in [-0.1, -0.05) is 18.2 Å². The quantitative estimate of drug-likeness (QED) is 0.905. The standard InChI is InChI=1S/C21H28N4O2/c1-15-6-5-7-19(17(15)3)24-10-12-25(13-11-24)21(27)22-14-18-9-8-16(2)23(4)20(18)26/h5-9H,10-14H2,1-4H3,(H,22,27). The first-order valence-electron chi connectivity index (χ1n) is 9.38. The molecule has 2 heterocycles. The molecule has 1 aliphatic rings. The number of aromatic nitrogens is 1. The molecule has 144 valence electrons. The third kappa shape index (κ3) is 3.99. The van der Waals surface area contributed by atoms with E-state index in [0.29, 0.717) is 18.7 Å². The number of amides is 2. The Bertz CT molecular complexity index is 896. The minimum Gasteiger partial charge on any atom is -0.368 e. The summed E-state index contributed by atoms with van der Waals surface area (Å²) in [4.78, 5) is 28.9. The largest absolute Gasteiger partial charge is 0.368 e. The lowest BCUT2D eigenvalue weighted by Gasteiger charge is -2.37. The van der Waals surface area contributed by atoms with Crippen molar-refractivity contribution in [3.05, 3.63) is 63.1 Å². The van der Waals surface area contributed by atoms with Crippen LogP contribution in [-0.2, 0) is 13.6 Å². The Morgan fingerprint density at radius 2 is 1.74 bits per heavy atom. The maximum atomic E-state index is 12.5. The average molecular weight is 368 g/mol. The lowest BCUT2D eigenvalue weighted by molar-refractivity contribution is 0.194. The number of urea groups is 1. The molecule has 1 aromatic carbocycles. The maximum absolute atomic E-state index is 12.5. The number of carbonyl (C=O) groups is 1. The van der Waals surface area contributed by atoms with Gasteiger partial charge in [-0.15, -0.1) is 0 Å². The third-order valence-electron chi connectivity index (χ3n) is 5.55. The Kier molecular flexibility index (Phi) is 5.54. The summed E-state index contributed by atoms with van der Waals surface area (Å²) in [5.74, 6) is 0. The zero-order valence-corrected chi connectivity index (χ0v) is 16.6. The first-order valence-corrected chi connectivity index (χ1v) is 9.38. The molecule has 2 amide bonds. The van der Waals surface area contributed by atoms with E-state index >= 15 is 0 Å². The van der Waals surface area contributed by atoms with Crippen LogP contribution >= 0.6 is 0 Å². The molecule has 0 radical (unpaired) electrons. The van der Waals surface area contributed by atoms with Gasteiger partial charge in [0.15, 0.2) is 0 Å². The molecule has 0 bridgehead atoms. The van der Waals surface area contributed by atoms with Gasteiger partial charge in [0.25, 0.3) is 5.56 Å². The summed E-state index contributed by atoms with van der Waals surface area (Å²) >= 11 is 0. The van der Waals surface area contributed by atoms with E-state index in [2.05, 4.69) is 42.3 Å². The zero-order valence-electron chi connectivity index (χ0n) is 16.6. The molecular formula is C21H28N4O2. The van der Waals surface area contributed by atoms with E-state index in [0.717, 1.165) is 18.8 Å². The molecular weight excluding hydrogens is 340 g/mol. The average Bonchev–Trinajstić information content (AvgIpc) is 2.68. The molecule has 1 aliphatic heterocycles. The van der Waals surface area contributed by atoms with Gasteiger partial charge in [-0.25, -0.2) is 4.79 Å². The van der Waals surface area contributed by atoms with Crippen molar-refractivity contribution in [3.63, 3.8) is 0 Å². The van der Waals surface area contributed by atoms with Crippen molar-refractivity contribution in [3.8, 4) is 0 Å². The number of nitrogens with one attached hydrogen (secondary N) is 1. The fourth-order valence-corrected chi connectivity index (χ4v) is 3.43. The first-order chi connectivity index (χ1) is 12.9. The summed E-state index contributed by atoms with van der Waals surface area (Å²) in [5.41, 5.74) is 5.27. The van der Waals surface area contributed by atoms with Crippen molar-refractivity contribution in [2.75, 3.05) is 31.1 Å². The van der Waals surface area contributed by atoms with E-state index in [9.17, 15) is 9.59 Å². The molecule has 0 aliphatic carbocycles. The molecule has 1 N–H and O–H groups in total. The molecule has 6 nitrogen and oxygen atoms in total. The predicted molar refractivity (Wildman–Crippen MR) is 108 cm³/mol. The van der Waals surface area contributed by atoms with Crippen LogP contribution in [0.2, 0.25) is 0 Å². The topological polar surface area (TPSA) is 57.6 Å². The van der Waals surface area contributed by atoms with Crippen molar-refractivity contribution in [2.24, 2.45) is 7.05 Å². The van der Waals surface area contributed by atoms with Crippen LogP contribution in [0.5, 0.6) is 0 Å². The Morgan fingerprint density at radius 3 is 2.44 bits per heavy atom. The van der Waals surface area contributed by atoms with Gasteiger partial charge in [0.1, 0.15) is 0 Å². The van der Waals surface area contributed by atoms with Crippen LogP contribution in [0.25, 0.3) is 0 Å². The highest BCUT2D eigenvalue weighted by Gasteiger charge is 2.22. The number of piperazine rings is 1. The minimum atomic E-state index is -0.113. The van der Waals surface area contributed by atoms with E-state index in [1.54, 1.807) is 17.7 Å². The molecule has 0 atom stereocenters. The van der Waals surface area contributed by atoms with Crippen molar-refractivity contribution in [2.45, 2.75) is 27.3 Å². The van der Waals surface area contributed by atoms with Crippen LogP contribution in [0.15, 0.2) is 35.1 Å². The lowest BCUT2D eigenvalue weighted by Crippen LogP contribution is -2.52. The summed E-state index contributed by atoms with van der Waals surface area (Å²) in [7, 11) is 1.75. The smallest absolute Gasteiger partial charge is 0.317 e. The van der Waals surface area contributed by atoms with Crippen LogP contribution < -0.4 is 15.8 Å². The molecule has 1 saturated heterocycles. The molecule has 1 aromatic heterocycles. The molecule has 0 unspecified atom stereocenters. The molecule has 27 heavy (non-hydrogen) atoms. The Balaban J connectivity index is 1.57. The molecule has 1 fully saturated rings. The maximum Gasteiger partial charge on any atom is 0.317 e. The summed E-state index contributed by atoms with van der Waals surface area (Å²) in [6.07, 6.45) is 0. The number of benzene rings is 1. The number of nitrogens with zero attached hydrogens (tertiary/aromatic N) is 3. The second kappa shape index (κ2) is 7.86. The number of anilines is 1. The number of hydrogen-bond donors (Lipinski definition) is 1. The number of pyridine rings is 1. The van der Waals surface area contributed by atoms with Crippen molar-refractivity contribution < 1.29 is 4.79 Å². The van der Waals surface area contributed by atoms with Gasteiger partial charge in [-0.2, -0.15) is 0 Å². The number of rotatable bonds is 3. The third-order valence-corrected chi connectivity index (χ3v) is 5.55. The highest BCUT2D eigenvalue weighted by Crippen LogP contribution is 2.23. The molecule has 0 saturated carbocycles. The van der Waals surface area contributed by atoms with Gasteiger partial charge in [-0.05, 0) is 44.0 Å². The van der Waals surface area contributed by atoms with E-state index in [4.69, 9.17) is 0 Å². The van der Waals surface area contributed by atoms with E-state index in [1.807, 2.05) is 17.9 Å². The van der Waals surface area contributed by atoms with E-state index in [-0.39, 0.29) is 18.1 Å². The molecule has 3 rings (SSSR count). The summed E-state index contributed by atoms with van der Waals surface area (Å²) in [6.45, 7) is 9.37. The Morgan fingerprint density at radius 1 is 1.04 bits per heavy atom. The fourth-order valence-electron chi connectivity index (χ4n) is 3.43. The molecule has 0 spiro atoms. The predicted octanol–water partition coefficient (Wildman–Crippen LogP) is 2.34. The monoisotopic (exact) mass is 368 g/mol. The summed E-state index contributed by atoms with van der Waals surface area (Å²) in [5, 5.41) is 2.89. The first kappa shape index (κ1) is 19.0. The zero-order chi connectivity index (χ0) is 19.6. The lowest BCUT2D eigenvalue weighted by atomic mass is 10.1. The van der Waals surface area contributed by atoms with Gasteiger partial charge < -0.3 is 19.7 Å². The van der Waals surface area contributed by atoms with Gasteiger partial charge in [-0.3, -0.25) is 4.79 Å². The van der Waals surface area contributed by atoms with Crippen molar-refractivity contribution >= 4 is 11.7 Å². The van der Waals surface area contributed by atoms with Gasteiger partial charge in [0.2, 0.25) is 0 Å². The summed E-state index contributed by atoms with van der Waals surface area (Å²) in [6, 6.07) is 9.92. The van der Waals surface area contributed by atoms with Crippen LogP contribution in [-0.4, -0.2) is 41.7 Å². The SMILES string of the molecule is Cc1cccc(N2CCN(C(=O)NCc3ccc(C)n(C)c3=O)CC2)c1C. The van der Waals surface area contributed by atoms with Crippen LogP contribution in [0.4, 0.5) is 10.5 Å². The van der Waals surface area contributed by atoms with Crippen LogP contribution in [0.3, 0.4) is 0 Å². The molecule has 2 aromatic rings. The fraction of sp³-hybridized carbons (Fsp3) is 0.429.